The van der Waals surface area contributed by atoms with Crippen molar-refractivity contribution in [1.29, 1.82) is 0 Å². The predicted molar refractivity (Wildman–Crippen MR) is 340 cm³/mol. The van der Waals surface area contributed by atoms with Gasteiger partial charge in [0.05, 0.1) is 119 Å². The topological polar surface area (TPSA) is 321 Å². The number of sulfonamides is 1. The van der Waals surface area contributed by atoms with Gasteiger partial charge in [0, 0.05) is 55.6 Å². The first kappa shape index (κ1) is 69.6. The minimum Gasteiger partial charge on any atom is -0.480 e. The van der Waals surface area contributed by atoms with E-state index < -0.39 is 73.8 Å². The van der Waals surface area contributed by atoms with Crippen LogP contribution in [0.3, 0.4) is 0 Å². The Labute approximate surface area is 544 Å². The molecule has 1 aliphatic rings. The predicted octanol–water partition coefficient (Wildman–Crippen LogP) is 6.27. The lowest BCUT2D eigenvalue weighted by molar-refractivity contribution is -0.144. The van der Waals surface area contributed by atoms with Gasteiger partial charge in [0.25, 0.3) is 21.8 Å². The van der Waals surface area contributed by atoms with Gasteiger partial charge in [0.2, 0.25) is 29.5 Å². The zero-order valence-corrected chi connectivity index (χ0v) is 53.9. The van der Waals surface area contributed by atoms with Gasteiger partial charge in [0.15, 0.2) is 0 Å². The zero-order chi connectivity index (χ0) is 66.8. The van der Waals surface area contributed by atoms with E-state index in [0.717, 1.165) is 33.8 Å². The average Bonchev–Trinajstić information content (AvgIpc) is 1.36. The van der Waals surface area contributed by atoms with Gasteiger partial charge < -0.3 is 63.5 Å². The van der Waals surface area contributed by atoms with Gasteiger partial charge >= 0.3 is 0 Å². The number of anilines is 1. The Morgan fingerprint density at radius 2 is 1.43 bits per heavy atom. The van der Waals surface area contributed by atoms with E-state index in [0.29, 0.717) is 73.7 Å². The average molecular weight is 1340 g/mol. The standard InChI is InChI=1S/C64H73F2N11O15S2/c1-40-56(93-39-71-40)42-12-10-41(11-13-42)33-69-59(81)51-32-46(78)37-77(51)63(82)57(64(2,3)4)72-55(79)38-91-29-28-90-27-26-89-25-24-88-23-22-87-21-20-86-19-18-67-58(80)47-8-6-7-9-48(47)60-73-74-62(92-60)52-35-68-54-17-14-43(36-76(52)54)44-30-50(61(85-5)70-34-44)75-94(83,84)53-16-15-45(65)31-49(53)66/h6-17,30-31,34-36,39,46,51,57,75,78H,18-29,32-33,37-38H2,1-5H3,(H,67,80)(H,69,81)(H,72,79)/t46-,51+,57-/m1/s1. The van der Waals surface area contributed by atoms with E-state index in [4.69, 9.17) is 37.6 Å². The number of benzene rings is 3. The molecule has 3 aromatic carbocycles. The van der Waals surface area contributed by atoms with Gasteiger partial charge in [-0.2, -0.15) is 0 Å². The second-order valence-electron chi connectivity index (χ2n) is 22.5. The maximum atomic E-state index is 14.5. The fourth-order valence-electron chi connectivity index (χ4n) is 9.93. The lowest BCUT2D eigenvalue weighted by Gasteiger charge is -2.35. The zero-order valence-electron chi connectivity index (χ0n) is 52.3. The number of imidazole rings is 1. The van der Waals surface area contributed by atoms with E-state index in [2.05, 4.69) is 45.8 Å². The molecule has 1 fully saturated rings. The second-order valence-corrected chi connectivity index (χ2v) is 25.0. The molecular formula is C64H73F2N11O15S2. The third-order valence-corrected chi connectivity index (χ3v) is 17.1. The van der Waals surface area contributed by atoms with Crippen LogP contribution < -0.4 is 25.4 Å². The van der Waals surface area contributed by atoms with E-state index in [9.17, 15) is 41.5 Å². The third kappa shape index (κ3) is 18.6. The van der Waals surface area contributed by atoms with Crippen LogP contribution in [0.1, 0.15) is 48.8 Å². The minimum absolute atomic E-state index is 0.0400. The summed E-state index contributed by atoms with van der Waals surface area (Å²) in [4.78, 5) is 68.5. The van der Waals surface area contributed by atoms with Crippen molar-refractivity contribution in [2.45, 2.75) is 63.7 Å². The first-order valence-electron chi connectivity index (χ1n) is 30.0. The molecule has 5 aromatic heterocycles. The number of aliphatic hydroxyl groups is 1. The van der Waals surface area contributed by atoms with E-state index in [1.165, 1.54) is 30.5 Å². The Balaban J connectivity index is 0.603. The van der Waals surface area contributed by atoms with Crippen molar-refractivity contribution in [2.24, 2.45) is 5.41 Å². The van der Waals surface area contributed by atoms with Crippen molar-refractivity contribution in [3.8, 4) is 50.5 Å². The Morgan fingerprint density at radius 1 is 0.766 bits per heavy atom. The molecule has 30 heteroatoms. The summed E-state index contributed by atoms with van der Waals surface area (Å²) >= 11 is 1.56. The van der Waals surface area contributed by atoms with Crippen molar-refractivity contribution in [3.05, 3.63) is 137 Å². The van der Waals surface area contributed by atoms with Gasteiger partial charge in [0.1, 0.15) is 52.2 Å². The molecule has 0 radical (unpaired) electrons. The van der Waals surface area contributed by atoms with E-state index >= 15 is 0 Å². The summed E-state index contributed by atoms with van der Waals surface area (Å²) < 4.78 is 103. The maximum Gasteiger partial charge on any atom is 0.266 e. The maximum absolute atomic E-state index is 14.5. The number of nitrogens with zero attached hydrogens (tertiary/aromatic N) is 7. The highest BCUT2D eigenvalue weighted by Gasteiger charge is 2.44. The summed E-state index contributed by atoms with van der Waals surface area (Å²) in [5.41, 5.74) is 6.37. The van der Waals surface area contributed by atoms with Gasteiger partial charge in [-0.25, -0.2) is 32.2 Å². The molecule has 26 nitrogen and oxygen atoms in total. The Bertz CT molecular complexity index is 4000. The number of pyridine rings is 2. The number of amides is 4. The Hall–Kier alpha value is -8.72. The molecular weight excluding hydrogens is 1260 g/mol. The number of β-amino-alcohol motifs (C(OH)–C–C–N with tert-alkyl or cyclic N) is 1. The molecule has 6 heterocycles. The molecule has 1 saturated heterocycles. The summed E-state index contributed by atoms with van der Waals surface area (Å²) in [5, 5.41) is 27.6. The van der Waals surface area contributed by atoms with Gasteiger partial charge in [-0.3, -0.25) is 28.3 Å². The molecule has 0 bridgehead atoms. The van der Waals surface area contributed by atoms with Gasteiger partial charge in [-0.05, 0) is 65.9 Å². The van der Waals surface area contributed by atoms with Crippen LogP contribution in [0.15, 0.2) is 118 Å². The monoisotopic (exact) mass is 1340 g/mol. The summed E-state index contributed by atoms with van der Waals surface area (Å²) in [5.74, 6) is -3.93. The molecule has 0 unspecified atom stereocenters. The van der Waals surface area contributed by atoms with Crippen LogP contribution in [0.4, 0.5) is 14.5 Å². The number of fused-ring (bicyclic) bond motifs is 1. The molecule has 94 heavy (non-hydrogen) atoms. The number of carbonyl (C=O) groups excluding carboxylic acids is 4. The number of carbonyl (C=O) groups is 4. The number of aromatic nitrogens is 6. The molecule has 5 N–H and O–H groups in total. The van der Waals surface area contributed by atoms with Gasteiger partial charge in [-0.15, -0.1) is 21.5 Å². The van der Waals surface area contributed by atoms with Crippen LogP contribution >= 0.6 is 11.3 Å². The van der Waals surface area contributed by atoms with Crippen molar-refractivity contribution in [1.82, 2.24) is 50.4 Å². The number of hydrogen-bond acceptors (Lipinski definition) is 21. The molecule has 9 rings (SSSR count). The smallest absolute Gasteiger partial charge is 0.266 e. The normalized spacial score (nSPS) is 14.5. The first-order chi connectivity index (χ1) is 45.3. The largest absolute Gasteiger partial charge is 0.480 e. The molecule has 500 valence electrons. The van der Waals surface area contributed by atoms with Crippen molar-refractivity contribution in [3.63, 3.8) is 0 Å². The number of likely N-dealkylation sites (tertiary alicyclic amines) is 1. The highest BCUT2D eigenvalue weighted by molar-refractivity contribution is 7.92. The molecule has 4 amide bonds. The molecule has 0 aliphatic carbocycles. The molecule has 0 spiro atoms. The lowest BCUT2D eigenvalue weighted by atomic mass is 9.85. The number of rotatable bonds is 34. The molecule has 1 aliphatic heterocycles. The van der Waals surface area contributed by atoms with Crippen LogP contribution in [0.25, 0.3) is 50.3 Å². The number of hydrogen-bond donors (Lipinski definition) is 5. The quantitative estimate of drug-likeness (QED) is 0.0277. The number of aryl methyl sites for hydroxylation is 1. The highest BCUT2D eigenvalue weighted by Crippen LogP contribution is 2.34. The van der Waals surface area contributed by atoms with Crippen LogP contribution in [0.2, 0.25) is 0 Å². The summed E-state index contributed by atoms with van der Waals surface area (Å²) in [7, 11) is -3.25. The second kappa shape index (κ2) is 32.9. The van der Waals surface area contributed by atoms with Crippen LogP contribution in [0, 0.1) is 24.0 Å². The molecule has 3 atom stereocenters. The fourth-order valence-corrected chi connectivity index (χ4v) is 11.9. The van der Waals surface area contributed by atoms with Crippen LogP contribution in [-0.2, 0) is 59.4 Å². The van der Waals surface area contributed by atoms with Crippen molar-refractivity contribution >= 4 is 56.3 Å². The summed E-state index contributed by atoms with van der Waals surface area (Å²) in [6.45, 7) is 10.5. The molecule has 8 aromatic rings. The highest BCUT2D eigenvalue weighted by atomic mass is 32.2. The number of methoxy groups -OCH3 is 1. The SMILES string of the molecule is COc1ncc(-c2ccc3ncc(-c4nnc(-c5ccccc5C(=O)NCCOCCOCCOCCOCCOCCOCC(=O)N[C@H](C(=O)N5C[C@H](O)C[C@H]5C(=O)NCc5ccc(-c6scnc6C)cc5)C(C)(C)C)o4)n3c2)cc1NS(=O)(=O)c1ccc(F)cc1F. The minimum atomic E-state index is -4.53. The molecule has 0 saturated carbocycles. The van der Waals surface area contributed by atoms with Crippen molar-refractivity contribution in [2.75, 3.05) is 104 Å². The lowest BCUT2D eigenvalue weighted by Crippen LogP contribution is -2.58. The van der Waals surface area contributed by atoms with E-state index in [1.807, 2.05) is 52.0 Å². The van der Waals surface area contributed by atoms with E-state index in [-0.39, 0.29) is 94.6 Å². The van der Waals surface area contributed by atoms with Crippen LogP contribution in [-0.4, -0.2) is 189 Å². The number of ether oxygens (including phenoxy) is 7. The Morgan fingerprint density at radius 3 is 2.09 bits per heavy atom. The summed E-state index contributed by atoms with van der Waals surface area (Å²) in [6.07, 6.45) is 3.85. The van der Waals surface area contributed by atoms with Crippen LogP contribution in [0.5, 0.6) is 5.88 Å². The van der Waals surface area contributed by atoms with E-state index in [1.54, 1.807) is 63.8 Å². The summed E-state index contributed by atoms with van der Waals surface area (Å²) in [6, 6.07) is 19.6. The Kier molecular flexibility index (Phi) is 24.4. The van der Waals surface area contributed by atoms with Crippen molar-refractivity contribution < 1.29 is 79.1 Å². The number of halogens is 2. The fraction of sp³-hybridized carbons (Fsp3) is 0.391. The number of aliphatic hydroxyl groups excluding tert-OH is 1. The van der Waals surface area contributed by atoms with Gasteiger partial charge in [-0.1, -0.05) is 57.2 Å². The third-order valence-electron chi connectivity index (χ3n) is 14.7. The first-order valence-corrected chi connectivity index (χ1v) is 32.4. The number of nitrogens with one attached hydrogen (secondary N) is 4. The number of thiazole rings is 1.